The minimum absolute atomic E-state index is 0.758. The molecule has 0 aromatic heterocycles. The molecule has 3 N–H and O–H groups in total. The van der Waals surface area contributed by atoms with Gasteiger partial charge in [0, 0.05) is 6.54 Å². The van der Waals surface area contributed by atoms with Crippen molar-refractivity contribution in [2.45, 2.75) is 12.8 Å². The van der Waals surface area contributed by atoms with Crippen LogP contribution in [0, 0.1) is 0 Å². The zero-order valence-corrected chi connectivity index (χ0v) is 8.62. The number of methoxy groups -OCH3 is 1. The van der Waals surface area contributed by atoms with Gasteiger partial charge in [-0.15, -0.1) is 0 Å². The van der Waals surface area contributed by atoms with Crippen LogP contribution in [0.2, 0.25) is 0 Å². The van der Waals surface area contributed by atoms with Gasteiger partial charge in [0.15, 0.2) is 0 Å². The Labute approximate surface area is 85.3 Å². The van der Waals surface area contributed by atoms with Crippen LogP contribution in [0.3, 0.4) is 0 Å². The molecule has 0 bridgehead atoms. The topological polar surface area (TPSA) is 47.3 Å². The summed E-state index contributed by atoms with van der Waals surface area (Å²) < 4.78 is 5.22. The Bertz CT molecular complexity index is 263. The molecule has 14 heavy (non-hydrogen) atoms. The van der Waals surface area contributed by atoms with Crippen molar-refractivity contribution in [1.29, 1.82) is 0 Å². The predicted molar refractivity (Wildman–Crippen MR) is 59.8 cm³/mol. The molecule has 0 unspecified atom stereocenters. The van der Waals surface area contributed by atoms with E-state index in [0.29, 0.717) is 0 Å². The van der Waals surface area contributed by atoms with E-state index < -0.39 is 0 Å². The summed E-state index contributed by atoms with van der Waals surface area (Å²) in [6.45, 7) is 1.70. The molecule has 0 radical (unpaired) electrons. The second kappa shape index (κ2) is 6.27. The minimum atomic E-state index is 0.758. The molecule has 1 rings (SSSR count). The highest BCUT2D eigenvalue weighted by Crippen LogP contribution is 2.22. The van der Waals surface area contributed by atoms with Gasteiger partial charge in [-0.3, -0.25) is 0 Å². The van der Waals surface area contributed by atoms with Crippen molar-refractivity contribution in [2.75, 3.05) is 25.5 Å². The Kier molecular flexibility index (Phi) is 4.86. The maximum Gasteiger partial charge on any atom is 0.141 e. The van der Waals surface area contributed by atoms with E-state index in [-0.39, 0.29) is 0 Å². The van der Waals surface area contributed by atoms with E-state index >= 15 is 0 Å². The van der Waals surface area contributed by atoms with Crippen molar-refractivity contribution in [3.8, 4) is 5.75 Å². The van der Waals surface area contributed by atoms with Gasteiger partial charge >= 0.3 is 0 Å². The maximum absolute atomic E-state index is 5.41. The van der Waals surface area contributed by atoms with Gasteiger partial charge in [0.2, 0.25) is 0 Å². The monoisotopic (exact) mass is 194 g/mol. The van der Waals surface area contributed by atoms with E-state index in [9.17, 15) is 0 Å². The highest BCUT2D eigenvalue weighted by molar-refractivity contribution is 5.55. The molecule has 0 fully saturated rings. The quantitative estimate of drug-likeness (QED) is 0.679. The standard InChI is InChI=1S/C11H18N2O/c1-14-11-7-3-2-6-10(11)13-9-5-4-8-12/h2-3,6-7,13H,4-5,8-9,12H2,1H3. The largest absolute Gasteiger partial charge is 0.495 e. The molecular formula is C11H18N2O. The van der Waals surface area contributed by atoms with Crippen molar-refractivity contribution >= 4 is 5.69 Å². The van der Waals surface area contributed by atoms with Gasteiger partial charge in [0.05, 0.1) is 12.8 Å². The highest BCUT2D eigenvalue weighted by atomic mass is 16.5. The Morgan fingerprint density at radius 3 is 2.79 bits per heavy atom. The molecule has 0 saturated heterocycles. The van der Waals surface area contributed by atoms with E-state index in [1.54, 1.807) is 7.11 Å². The zero-order chi connectivity index (χ0) is 10.2. The number of hydrogen-bond acceptors (Lipinski definition) is 3. The van der Waals surface area contributed by atoms with Gasteiger partial charge < -0.3 is 15.8 Å². The van der Waals surface area contributed by atoms with Crippen molar-refractivity contribution in [2.24, 2.45) is 5.73 Å². The number of ether oxygens (including phenoxy) is 1. The summed E-state index contributed by atoms with van der Waals surface area (Å²) in [4.78, 5) is 0. The van der Waals surface area contributed by atoms with Crippen molar-refractivity contribution in [3.63, 3.8) is 0 Å². The Balaban J connectivity index is 2.41. The summed E-state index contributed by atoms with van der Waals surface area (Å²) in [6.07, 6.45) is 2.15. The molecule has 0 saturated carbocycles. The molecule has 1 aromatic rings. The average Bonchev–Trinajstić information content (AvgIpc) is 2.25. The lowest BCUT2D eigenvalue weighted by Gasteiger charge is -2.10. The third-order valence-electron chi connectivity index (χ3n) is 2.05. The second-order valence-electron chi connectivity index (χ2n) is 3.12. The number of benzene rings is 1. The summed E-state index contributed by atoms with van der Waals surface area (Å²) in [7, 11) is 1.68. The average molecular weight is 194 g/mol. The lowest BCUT2D eigenvalue weighted by Crippen LogP contribution is -2.06. The molecule has 0 atom stereocenters. The molecule has 0 spiro atoms. The Hall–Kier alpha value is -1.22. The molecule has 0 aliphatic heterocycles. The van der Waals surface area contributed by atoms with Gasteiger partial charge in [-0.25, -0.2) is 0 Å². The van der Waals surface area contributed by atoms with Crippen LogP contribution in [0.25, 0.3) is 0 Å². The van der Waals surface area contributed by atoms with Crippen LogP contribution in [0.1, 0.15) is 12.8 Å². The fourth-order valence-electron chi connectivity index (χ4n) is 1.28. The third kappa shape index (κ3) is 3.26. The van der Waals surface area contributed by atoms with Crippen LogP contribution in [-0.2, 0) is 0 Å². The Morgan fingerprint density at radius 1 is 1.29 bits per heavy atom. The zero-order valence-electron chi connectivity index (χ0n) is 8.62. The number of nitrogens with two attached hydrogens (primary N) is 1. The fraction of sp³-hybridized carbons (Fsp3) is 0.455. The van der Waals surface area contributed by atoms with Crippen LogP contribution < -0.4 is 15.8 Å². The first kappa shape index (κ1) is 10.9. The van der Waals surface area contributed by atoms with E-state index in [0.717, 1.165) is 37.4 Å². The molecule has 0 amide bonds. The fourth-order valence-corrected chi connectivity index (χ4v) is 1.28. The third-order valence-corrected chi connectivity index (χ3v) is 2.05. The molecule has 78 valence electrons. The van der Waals surface area contributed by atoms with Gasteiger partial charge in [-0.1, -0.05) is 12.1 Å². The molecule has 3 heteroatoms. The molecule has 0 heterocycles. The first-order chi connectivity index (χ1) is 6.88. The van der Waals surface area contributed by atoms with Crippen molar-refractivity contribution in [3.05, 3.63) is 24.3 Å². The molecule has 0 aliphatic rings. The SMILES string of the molecule is COc1ccccc1NCCCCN. The van der Waals surface area contributed by atoms with Gasteiger partial charge in [-0.05, 0) is 31.5 Å². The summed E-state index contributed by atoms with van der Waals surface area (Å²) in [5.74, 6) is 0.889. The number of anilines is 1. The first-order valence-electron chi connectivity index (χ1n) is 4.95. The van der Waals surface area contributed by atoms with Gasteiger partial charge in [0.1, 0.15) is 5.75 Å². The smallest absolute Gasteiger partial charge is 0.141 e. The van der Waals surface area contributed by atoms with Crippen LogP contribution in [0.4, 0.5) is 5.69 Å². The lowest BCUT2D eigenvalue weighted by molar-refractivity contribution is 0.416. The van der Waals surface area contributed by atoms with Crippen LogP contribution >= 0.6 is 0 Å². The van der Waals surface area contributed by atoms with Gasteiger partial charge in [-0.2, -0.15) is 0 Å². The first-order valence-corrected chi connectivity index (χ1v) is 4.95. The van der Waals surface area contributed by atoms with Crippen LogP contribution in [0.5, 0.6) is 5.75 Å². The molecule has 3 nitrogen and oxygen atoms in total. The van der Waals surface area contributed by atoms with Crippen molar-refractivity contribution < 1.29 is 4.74 Å². The van der Waals surface area contributed by atoms with E-state index in [2.05, 4.69) is 5.32 Å². The van der Waals surface area contributed by atoms with E-state index in [1.807, 2.05) is 24.3 Å². The van der Waals surface area contributed by atoms with Crippen LogP contribution in [0.15, 0.2) is 24.3 Å². The molecular weight excluding hydrogens is 176 g/mol. The molecule has 1 aromatic carbocycles. The summed E-state index contributed by atoms with van der Waals surface area (Å²) >= 11 is 0. The summed E-state index contributed by atoms with van der Waals surface area (Å²) in [5.41, 5.74) is 6.46. The second-order valence-corrected chi connectivity index (χ2v) is 3.12. The predicted octanol–water partition coefficient (Wildman–Crippen LogP) is 1.85. The Morgan fingerprint density at radius 2 is 2.07 bits per heavy atom. The number of unbranched alkanes of at least 4 members (excludes halogenated alkanes) is 1. The van der Waals surface area contributed by atoms with E-state index in [1.165, 1.54) is 0 Å². The summed E-state index contributed by atoms with van der Waals surface area (Å²) in [5, 5.41) is 3.32. The number of nitrogens with one attached hydrogen (secondary N) is 1. The number of hydrogen-bond donors (Lipinski definition) is 2. The maximum atomic E-state index is 5.41. The minimum Gasteiger partial charge on any atom is -0.495 e. The van der Waals surface area contributed by atoms with E-state index in [4.69, 9.17) is 10.5 Å². The van der Waals surface area contributed by atoms with Crippen molar-refractivity contribution in [1.82, 2.24) is 0 Å². The van der Waals surface area contributed by atoms with Gasteiger partial charge in [0.25, 0.3) is 0 Å². The van der Waals surface area contributed by atoms with Crippen LogP contribution in [-0.4, -0.2) is 20.2 Å². The molecule has 0 aliphatic carbocycles. The number of para-hydroxylation sites is 2. The highest BCUT2D eigenvalue weighted by Gasteiger charge is 1.98. The lowest BCUT2D eigenvalue weighted by atomic mass is 10.2. The summed E-state index contributed by atoms with van der Waals surface area (Å²) in [6, 6.07) is 7.92. The number of rotatable bonds is 6. The normalized spacial score (nSPS) is 9.86.